The van der Waals surface area contributed by atoms with Crippen LogP contribution in [0, 0.1) is 11.3 Å². The van der Waals surface area contributed by atoms with Gasteiger partial charge in [-0.25, -0.2) is 0 Å². The first-order valence-corrected chi connectivity index (χ1v) is 5.72. The number of carbonyl (C=O) groups is 1. The third kappa shape index (κ3) is 2.83. The lowest BCUT2D eigenvalue weighted by molar-refractivity contribution is -0.124. The van der Waals surface area contributed by atoms with Crippen molar-refractivity contribution in [2.45, 2.75) is 47.5 Å². The molecule has 0 aromatic heterocycles. The van der Waals surface area contributed by atoms with Gasteiger partial charge in [0.15, 0.2) is 5.78 Å². The number of hydrogen-bond acceptors (Lipinski definition) is 2. The molecule has 2 heteroatoms. The van der Waals surface area contributed by atoms with Gasteiger partial charge in [-0.2, -0.15) is 0 Å². The van der Waals surface area contributed by atoms with Gasteiger partial charge >= 0.3 is 0 Å². The van der Waals surface area contributed by atoms with E-state index in [2.05, 4.69) is 13.8 Å². The molecule has 0 aromatic carbocycles. The van der Waals surface area contributed by atoms with Crippen molar-refractivity contribution in [3.63, 3.8) is 0 Å². The molecule has 0 aliphatic heterocycles. The summed E-state index contributed by atoms with van der Waals surface area (Å²) in [4.78, 5) is 12.0. The molecule has 15 heavy (non-hydrogen) atoms. The van der Waals surface area contributed by atoms with Crippen molar-refractivity contribution in [2.75, 3.05) is 6.61 Å². The molecule has 86 valence electrons. The van der Waals surface area contributed by atoms with Gasteiger partial charge in [0, 0.05) is 17.4 Å². The minimum atomic E-state index is -0.200. The topological polar surface area (TPSA) is 26.3 Å². The minimum absolute atomic E-state index is 0.200. The predicted molar refractivity (Wildman–Crippen MR) is 61.5 cm³/mol. The smallest absolute Gasteiger partial charge is 0.167 e. The lowest BCUT2D eigenvalue weighted by Gasteiger charge is -2.30. The predicted octanol–water partition coefficient (Wildman–Crippen LogP) is 3.32. The summed E-state index contributed by atoms with van der Waals surface area (Å²) in [5.74, 6) is 1.66. The summed E-state index contributed by atoms with van der Waals surface area (Å²) in [6, 6.07) is 0. The molecule has 0 radical (unpaired) electrons. The van der Waals surface area contributed by atoms with Crippen molar-refractivity contribution in [1.82, 2.24) is 0 Å². The molecule has 0 atom stereocenters. The van der Waals surface area contributed by atoms with Crippen molar-refractivity contribution in [2.24, 2.45) is 11.3 Å². The Labute approximate surface area is 92.7 Å². The number of carbonyl (C=O) groups excluding carboxylic acids is 1. The lowest BCUT2D eigenvalue weighted by atomic mass is 9.76. The summed E-state index contributed by atoms with van der Waals surface area (Å²) in [5, 5.41) is 0. The van der Waals surface area contributed by atoms with E-state index >= 15 is 0 Å². The first kappa shape index (κ1) is 12.3. The van der Waals surface area contributed by atoms with E-state index in [1.165, 1.54) is 0 Å². The van der Waals surface area contributed by atoms with E-state index in [0.29, 0.717) is 12.5 Å². The Morgan fingerprint density at radius 1 is 1.40 bits per heavy atom. The molecule has 1 aliphatic carbocycles. The molecule has 2 nitrogen and oxygen atoms in total. The van der Waals surface area contributed by atoms with Crippen LogP contribution in [0.4, 0.5) is 0 Å². The number of hydrogen-bond donors (Lipinski definition) is 0. The molecule has 0 saturated carbocycles. The van der Waals surface area contributed by atoms with Gasteiger partial charge in [-0.15, -0.1) is 0 Å². The van der Waals surface area contributed by atoms with E-state index in [9.17, 15) is 4.79 Å². The van der Waals surface area contributed by atoms with Crippen LogP contribution in [0.25, 0.3) is 0 Å². The first-order chi connectivity index (χ1) is 6.84. The van der Waals surface area contributed by atoms with Gasteiger partial charge in [-0.05, 0) is 19.3 Å². The SMILES string of the molecule is CC1=C(OCC(C)C)CCC(C)(C)C1=O. The fourth-order valence-electron chi connectivity index (χ4n) is 1.81. The number of rotatable bonds is 3. The van der Waals surface area contributed by atoms with Gasteiger partial charge in [0.25, 0.3) is 0 Å². The zero-order valence-electron chi connectivity index (χ0n) is 10.5. The summed E-state index contributed by atoms with van der Waals surface area (Å²) in [6.45, 7) is 10.9. The highest BCUT2D eigenvalue weighted by molar-refractivity contribution is 6.00. The Hall–Kier alpha value is -0.790. The largest absolute Gasteiger partial charge is 0.497 e. The zero-order valence-corrected chi connectivity index (χ0v) is 10.5. The molecule has 0 amide bonds. The molecule has 0 bridgehead atoms. The lowest BCUT2D eigenvalue weighted by Crippen LogP contribution is -2.30. The summed E-state index contributed by atoms with van der Waals surface area (Å²) in [7, 11) is 0. The zero-order chi connectivity index (χ0) is 11.6. The van der Waals surface area contributed by atoms with Crippen LogP contribution in [-0.2, 0) is 9.53 Å². The van der Waals surface area contributed by atoms with E-state index in [4.69, 9.17) is 4.74 Å². The van der Waals surface area contributed by atoms with Crippen LogP contribution in [0.2, 0.25) is 0 Å². The molecule has 1 rings (SSSR count). The van der Waals surface area contributed by atoms with Gasteiger partial charge in [0.05, 0.1) is 6.61 Å². The number of ketones is 1. The number of ether oxygens (including phenoxy) is 1. The third-order valence-corrected chi connectivity index (χ3v) is 2.94. The monoisotopic (exact) mass is 210 g/mol. The quantitative estimate of drug-likeness (QED) is 0.714. The van der Waals surface area contributed by atoms with Crippen LogP contribution in [0.3, 0.4) is 0 Å². The van der Waals surface area contributed by atoms with E-state index in [0.717, 1.165) is 24.2 Å². The van der Waals surface area contributed by atoms with Gasteiger partial charge in [-0.3, -0.25) is 4.79 Å². The summed E-state index contributed by atoms with van der Waals surface area (Å²) in [5.41, 5.74) is 0.626. The van der Waals surface area contributed by atoms with E-state index < -0.39 is 0 Å². The Balaban J connectivity index is 2.74. The second-order valence-corrected chi connectivity index (χ2v) is 5.47. The fraction of sp³-hybridized carbons (Fsp3) is 0.769. The van der Waals surface area contributed by atoms with Crippen molar-refractivity contribution in [3.05, 3.63) is 11.3 Å². The average Bonchev–Trinajstić information content (AvgIpc) is 2.13. The fourth-order valence-corrected chi connectivity index (χ4v) is 1.81. The van der Waals surface area contributed by atoms with Gasteiger partial charge < -0.3 is 4.74 Å². The average molecular weight is 210 g/mol. The maximum absolute atomic E-state index is 12.0. The summed E-state index contributed by atoms with van der Waals surface area (Å²) < 4.78 is 5.68. The van der Waals surface area contributed by atoms with Crippen LogP contribution < -0.4 is 0 Å². The summed E-state index contributed by atoms with van der Waals surface area (Å²) in [6.07, 6.45) is 1.80. The highest BCUT2D eigenvalue weighted by atomic mass is 16.5. The standard InChI is InChI=1S/C13H22O2/c1-9(2)8-15-11-6-7-13(4,5)12(14)10(11)3/h9H,6-8H2,1-5H3. The number of allylic oxidation sites excluding steroid dienone is 2. The molecule has 1 aliphatic rings. The molecule has 0 fully saturated rings. The van der Waals surface area contributed by atoms with Crippen LogP contribution in [0.1, 0.15) is 47.5 Å². The molecular weight excluding hydrogens is 188 g/mol. The minimum Gasteiger partial charge on any atom is -0.497 e. The van der Waals surface area contributed by atoms with E-state index in [1.807, 2.05) is 20.8 Å². The molecular formula is C13H22O2. The Bertz CT molecular complexity index is 285. The van der Waals surface area contributed by atoms with Gasteiger partial charge in [0.1, 0.15) is 5.76 Å². The second-order valence-electron chi connectivity index (χ2n) is 5.47. The van der Waals surface area contributed by atoms with E-state index in [1.54, 1.807) is 0 Å². The summed E-state index contributed by atoms with van der Waals surface area (Å²) >= 11 is 0. The van der Waals surface area contributed by atoms with Crippen LogP contribution >= 0.6 is 0 Å². The van der Waals surface area contributed by atoms with Crippen molar-refractivity contribution in [1.29, 1.82) is 0 Å². The number of Topliss-reactive ketones (excluding diaryl/α,β-unsaturated/α-hetero) is 1. The maximum Gasteiger partial charge on any atom is 0.167 e. The normalized spacial score (nSPS) is 21.1. The van der Waals surface area contributed by atoms with Crippen molar-refractivity contribution >= 4 is 5.78 Å². The van der Waals surface area contributed by atoms with Gasteiger partial charge in [0.2, 0.25) is 0 Å². The molecule has 0 unspecified atom stereocenters. The van der Waals surface area contributed by atoms with Crippen molar-refractivity contribution in [3.8, 4) is 0 Å². The molecule has 0 spiro atoms. The second kappa shape index (κ2) is 4.38. The highest BCUT2D eigenvalue weighted by Gasteiger charge is 2.34. The molecule has 0 aromatic rings. The van der Waals surface area contributed by atoms with Gasteiger partial charge in [-0.1, -0.05) is 27.7 Å². The molecule has 0 N–H and O–H groups in total. The molecule has 0 heterocycles. The van der Waals surface area contributed by atoms with Crippen LogP contribution in [0.5, 0.6) is 0 Å². The first-order valence-electron chi connectivity index (χ1n) is 5.72. The highest BCUT2D eigenvalue weighted by Crippen LogP contribution is 2.35. The van der Waals surface area contributed by atoms with Crippen LogP contribution in [0.15, 0.2) is 11.3 Å². The maximum atomic E-state index is 12.0. The Morgan fingerprint density at radius 2 is 2.00 bits per heavy atom. The van der Waals surface area contributed by atoms with Crippen molar-refractivity contribution < 1.29 is 9.53 Å². The molecule has 0 saturated heterocycles. The van der Waals surface area contributed by atoms with E-state index in [-0.39, 0.29) is 11.2 Å². The van der Waals surface area contributed by atoms with Crippen LogP contribution in [-0.4, -0.2) is 12.4 Å². The Morgan fingerprint density at radius 3 is 2.53 bits per heavy atom. The Kier molecular flexibility index (Phi) is 3.58. The third-order valence-electron chi connectivity index (χ3n) is 2.94.